The first-order valence-electron chi connectivity index (χ1n) is 9.51. The van der Waals surface area contributed by atoms with Crippen molar-refractivity contribution in [3.63, 3.8) is 0 Å². The number of aromatic nitrogens is 2. The van der Waals surface area contributed by atoms with Crippen LogP contribution in [0.1, 0.15) is 44.6 Å². The second kappa shape index (κ2) is 7.66. The lowest BCUT2D eigenvalue weighted by molar-refractivity contribution is -0.263. The predicted octanol–water partition coefficient (Wildman–Crippen LogP) is 2.91. The van der Waals surface area contributed by atoms with Crippen molar-refractivity contribution in [3.8, 4) is 5.69 Å². The zero-order chi connectivity index (χ0) is 20.5. The SMILES string of the molecule is Cc1ccc(-n2nc(C(C)(C)C)cc2CC2COC(C)(C(=O)NO)OC2)cc1. The van der Waals surface area contributed by atoms with Crippen molar-refractivity contribution in [2.45, 2.75) is 52.2 Å². The van der Waals surface area contributed by atoms with Crippen LogP contribution in [0.3, 0.4) is 0 Å². The molecule has 1 amide bonds. The zero-order valence-electron chi connectivity index (χ0n) is 17.2. The van der Waals surface area contributed by atoms with Gasteiger partial charge in [-0.3, -0.25) is 10.0 Å². The zero-order valence-corrected chi connectivity index (χ0v) is 17.2. The summed E-state index contributed by atoms with van der Waals surface area (Å²) in [6.45, 7) is 10.7. The number of hydrogen-bond donors (Lipinski definition) is 2. The summed E-state index contributed by atoms with van der Waals surface area (Å²) in [4.78, 5) is 11.7. The molecule has 0 unspecified atom stereocenters. The number of amides is 1. The Balaban J connectivity index is 1.83. The van der Waals surface area contributed by atoms with Gasteiger partial charge in [-0.25, -0.2) is 10.2 Å². The molecule has 28 heavy (non-hydrogen) atoms. The minimum Gasteiger partial charge on any atom is -0.342 e. The summed E-state index contributed by atoms with van der Waals surface area (Å²) >= 11 is 0. The van der Waals surface area contributed by atoms with E-state index in [4.69, 9.17) is 19.8 Å². The fourth-order valence-electron chi connectivity index (χ4n) is 3.13. The minimum absolute atomic E-state index is 0.0674. The third-order valence-electron chi connectivity index (χ3n) is 5.03. The van der Waals surface area contributed by atoms with Gasteiger partial charge in [-0.2, -0.15) is 5.10 Å². The minimum atomic E-state index is -1.46. The van der Waals surface area contributed by atoms with Gasteiger partial charge < -0.3 is 9.47 Å². The maximum absolute atomic E-state index is 11.7. The van der Waals surface area contributed by atoms with Gasteiger partial charge in [0, 0.05) is 17.0 Å². The van der Waals surface area contributed by atoms with Crippen LogP contribution in [0, 0.1) is 12.8 Å². The molecule has 1 aliphatic rings. The molecule has 1 aromatic carbocycles. The molecular weight excluding hydrogens is 358 g/mol. The van der Waals surface area contributed by atoms with Gasteiger partial charge >= 0.3 is 5.91 Å². The lowest BCUT2D eigenvalue weighted by Gasteiger charge is -2.35. The van der Waals surface area contributed by atoms with Gasteiger partial charge in [0.05, 0.1) is 24.6 Å². The maximum Gasteiger partial charge on any atom is 0.303 e. The number of rotatable bonds is 4. The van der Waals surface area contributed by atoms with Crippen LogP contribution in [0.25, 0.3) is 5.69 Å². The van der Waals surface area contributed by atoms with E-state index in [0.29, 0.717) is 19.6 Å². The van der Waals surface area contributed by atoms with E-state index in [-0.39, 0.29) is 11.3 Å². The summed E-state index contributed by atoms with van der Waals surface area (Å²) in [6, 6.07) is 10.4. The smallest absolute Gasteiger partial charge is 0.303 e. The predicted molar refractivity (Wildman–Crippen MR) is 104 cm³/mol. The lowest BCUT2D eigenvalue weighted by atomic mass is 9.91. The standard InChI is InChI=1S/C21H29N3O4/c1-14-6-8-16(9-7-14)24-17(11-18(22-24)20(2,3)4)10-15-12-27-21(5,28-13-15)19(25)23-26/h6-9,11,15,26H,10,12-13H2,1-5H3,(H,23,25). The summed E-state index contributed by atoms with van der Waals surface area (Å²) in [5.74, 6) is -2.09. The summed E-state index contributed by atoms with van der Waals surface area (Å²) in [7, 11) is 0. The van der Waals surface area contributed by atoms with E-state index in [9.17, 15) is 4.79 Å². The average molecular weight is 387 g/mol. The van der Waals surface area contributed by atoms with Crippen molar-refractivity contribution in [3.05, 3.63) is 47.3 Å². The highest BCUT2D eigenvalue weighted by Gasteiger charge is 2.40. The highest BCUT2D eigenvalue weighted by molar-refractivity contribution is 5.82. The van der Waals surface area contributed by atoms with Gasteiger partial charge in [0.15, 0.2) is 0 Å². The van der Waals surface area contributed by atoms with Gasteiger partial charge in [0.1, 0.15) is 0 Å². The Labute approximate surface area is 165 Å². The van der Waals surface area contributed by atoms with Crippen molar-refractivity contribution in [1.82, 2.24) is 15.3 Å². The molecule has 2 heterocycles. The monoisotopic (exact) mass is 387 g/mol. The van der Waals surface area contributed by atoms with Gasteiger partial charge in [-0.05, 0) is 38.5 Å². The molecule has 1 aromatic heterocycles. The maximum atomic E-state index is 11.7. The van der Waals surface area contributed by atoms with Crippen LogP contribution in [-0.2, 0) is 26.1 Å². The summed E-state index contributed by atoms with van der Waals surface area (Å²) in [5, 5.41) is 13.7. The van der Waals surface area contributed by atoms with Crippen molar-refractivity contribution >= 4 is 5.91 Å². The number of hydroxylamine groups is 1. The Morgan fingerprint density at radius 1 is 1.29 bits per heavy atom. The van der Waals surface area contributed by atoms with E-state index in [0.717, 1.165) is 17.1 Å². The Kier molecular flexibility index (Phi) is 5.61. The summed E-state index contributed by atoms with van der Waals surface area (Å²) in [5.41, 5.74) is 5.82. The van der Waals surface area contributed by atoms with Crippen molar-refractivity contribution in [2.75, 3.05) is 13.2 Å². The number of nitrogens with one attached hydrogen (secondary N) is 1. The van der Waals surface area contributed by atoms with E-state index in [1.807, 2.05) is 4.68 Å². The molecule has 7 nitrogen and oxygen atoms in total. The van der Waals surface area contributed by atoms with E-state index >= 15 is 0 Å². The van der Waals surface area contributed by atoms with Gasteiger partial charge in [-0.15, -0.1) is 0 Å². The third-order valence-corrected chi connectivity index (χ3v) is 5.03. The number of nitrogens with zero attached hydrogens (tertiary/aromatic N) is 2. The fourth-order valence-corrected chi connectivity index (χ4v) is 3.13. The van der Waals surface area contributed by atoms with Gasteiger partial charge in [0.2, 0.25) is 5.79 Å². The molecule has 1 saturated heterocycles. The average Bonchev–Trinajstić information content (AvgIpc) is 3.08. The number of benzene rings is 1. The van der Waals surface area contributed by atoms with Crippen LogP contribution in [0.4, 0.5) is 0 Å². The highest BCUT2D eigenvalue weighted by Crippen LogP contribution is 2.28. The van der Waals surface area contributed by atoms with Crippen molar-refractivity contribution < 1.29 is 19.5 Å². The molecule has 7 heteroatoms. The Morgan fingerprint density at radius 3 is 2.43 bits per heavy atom. The normalized spacial score (nSPS) is 22.9. The molecule has 0 aliphatic carbocycles. The molecule has 0 radical (unpaired) electrons. The molecule has 2 aromatic rings. The number of carbonyl (C=O) groups is 1. The van der Waals surface area contributed by atoms with E-state index in [2.05, 4.69) is 58.0 Å². The Morgan fingerprint density at radius 2 is 1.89 bits per heavy atom. The number of hydrogen-bond acceptors (Lipinski definition) is 5. The van der Waals surface area contributed by atoms with Crippen LogP contribution < -0.4 is 5.48 Å². The Hall–Kier alpha value is -2.22. The highest BCUT2D eigenvalue weighted by atomic mass is 16.7. The van der Waals surface area contributed by atoms with Crippen LogP contribution in [0.15, 0.2) is 30.3 Å². The third kappa shape index (κ3) is 4.27. The molecule has 0 saturated carbocycles. The first-order chi connectivity index (χ1) is 13.1. The molecule has 0 bridgehead atoms. The molecule has 1 fully saturated rings. The van der Waals surface area contributed by atoms with Crippen LogP contribution in [-0.4, -0.2) is 39.9 Å². The number of ether oxygens (including phenoxy) is 2. The summed E-state index contributed by atoms with van der Waals surface area (Å²) in [6.07, 6.45) is 0.702. The molecular formula is C21H29N3O4. The topological polar surface area (TPSA) is 85.6 Å². The largest absolute Gasteiger partial charge is 0.342 e. The molecule has 0 atom stereocenters. The summed E-state index contributed by atoms with van der Waals surface area (Å²) < 4.78 is 13.2. The van der Waals surface area contributed by atoms with E-state index in [1.165, 1.54) is 12.5 Å². The first-order valence-corrected chi connectivity index (χ1v) is 9.51. The van der Waals surface area contributed by atoms with Crippen LogP contribution in [0.5, 0.6) is 0 Å². The van der Waals surface area contributed by atoms with E-state index < -0.39 is 11.7 Å². The lowest BCUT2D eigenvalue weighted by Crippen LogP contribution is -2.52. The van der Waals surface area contributed by atoms with Gasteiger partial charge in [-0.1, -0.05) is 38.5 Å². The second-order valence-electron chi connectivity index (χ2n) is 8.60. The quantitative estimate of drug-likeness (QED) is 0.622. The molecule has 2 N–H and O–H groups in total. The van der Waals surface area contributed by atoms with Crippen molar-refractivity contribution in [2.24, 2.45) is 5.92 Å². The van der Waals surface area contributed by atoms with Crippen LogP contribution in [0.2, 0.25) is 0 Å². The van der Waals surface area contributed by atoms with Crippen LogP contribution >= 0.6 is 0 Å². The van der Waals surface area contributed by atoms with Gasteiger partial charge in [0.25, 0.3) is 0 Å². The molecule has 0 spiro atoms. The molecule has 152 valence electrons. The molecule has 3 rings (SSSR count). The fraction of sp³-hybridized carbons (Fsp3) is 0.524. The molecule has 1 aliphatic heterocycles. The number of aryl methyl sites for hydroxylation is 1. The second-order valence-corrected chi connectivity index (χ2v) is 8.60. The first kappa shape index (κ1) is 20.5. The Bertz CT molecular complexity index is 828. The number of carbonyl (C=O) groups excluding carboxylic acids is 1. The van der Waals surface area contributed by atoms with Crippen molar-refractivity contribution in [1.29, 1.82) is 0 Å². The van der Waals surface area contributed by atoms with E-state index in [1.54, 1.807) is 5.48 Å².